The number of carbonyl (C=O) groups excluding carboxylic acids is 1. The molecule has 1 unspecified atom stereocenters. The normalized spacial score (nSPS) is 23.1. The van der Waals surface area contributed by atoms with Gasteiger partial charge in [0.25, 0.3) is 0 Å². The van der Waals surface area contributed by atoms with Crippen LogP contribution in [0.25, 0.3) is 0 Å². The van der Waals surface area contributed by atoms with Crippen LogP contribution in [0.1, 0.15) is 53.4 Å². The van der Waals surface area contributed by atoms with Crippen molar-refractivity contribution in [1.82, 2.24) is 5.32 Å². The Labute approximate surface area is 105 Å². The first-order chi connectivity index (χ1) is 7.32. The maximum absolute atomic E-state index is 11.8. The predicted octanol–water partition coefficient (Wildman–Crippen LogP) is 3.03. The first kappa shape index (κ1) is 13.9. The van der Waals surface area contributed by atoms with E-state index in [-0.39, 0.29) is 11.2 Å². The maximum Gasteiger partial charge on any atom is 0.233 e. The van der Waals surface area contributed by atoms with E-state index >= 15 is 0 Å². The Kier molecular flexibility index (Phi) is 4.72. The quantitative estimate of drug-likeness (QED) is 0.733. The zero-order valence-corrected chi connectivity index (χ0v) is 11.8. The van der Waals surface area contributed by atoms with Crippen molar-refractivity contribution in [3.63, 3.8) is 0 Å². The van der Waals surface area contributed by atoms with Crippen molar-refractivity contribution in [2.24, 2.45) is 11.3 Å². The largest absolute Gasteiger partial charge is 0.352 e. The molecular formula is C13H25NOS. The number of thiol groups is 1. The van der Waals surface area contributed by atoms with Gasteiger partial charge in [0.1, 0.15) is 0 Å². The van der Waals surface area contributed by atoms with Crippen LogP contribution in [0.2, 0.25) is 0 Å². The van der Waals surface area contributed by atoms with Crippen molar-refractivity contribution in [3.8, 4) is 0 Å². The topological polar surface area (TPSA) is 29.1 Å². The fourth-order valence-electron chi connectivity index (χ4n) is 2.13. The smallest absolute Gasteiger partial charge is 0.233 e. The highest BCUT2D eigenvalue weighted by molar-refractivity contribution is 7.81. The number of hydrogen-bond donors (Lipinski definition) is 2. The molecule has 94 valence electrons. The van der Waals surface area contributed by atoms with Crippen molar-refractivity contribution < 1.29 is 4.79 Å². The molecule has 3 heteroatoms. The van der Waals surface area contributed by atoms with Crippen LogP contribution >= 0.6 is 12.6 Å². The van der Waals surface area contributed by atoms with Gasteiger partial charge in [0.05, 0.1) is 5.25 Å². The van der Waals surface area contributed by atoms with Crippen molar-refractivity contribution >= 4 is 18.5 Å². The SMILES string of the molecule is CC(C)C(S)C(=O)NC1CCC(C)(C)CC1. The van der Waals surface area contributed by atoms with Crippen molar-refractivity contribution in [2.75, 3.05) is 0 Å². The third-order valence-electron chi connectivity index (χ3n) is 3.59. The highest BCUT2D eigenvalue weighted by atomic mass is 32.1. The zero-order chi connectivity index (χ0) is 12.3. The van der Waals surface area contributed by atoms with Crippen LogP contribution in [0, 0.1) is 11.3 Å². The minimum absolute atomic E-state index is 0.100. The summed E-state index contributed by atoms with van der Waals surface area (Å²) in [6.45, 7) is 8.67. The molecule has 1 saturated carbocycles. The molecule has 0 aliphatic heterocycles. The summed E-state index contributed by atoms with van der Waals surface area (Å²) in [4.78, 5) is 11.8. The molecule has 1 fully saturated rings. The zero-order valence-electron chi connectivity index (χ0n) is 10.9. The Morgan fingerprint density at radius 3 is 2.25 bits per heavy atom. The van der Waals surface area contributed by atoms with Crippen molar-refractivity contribution in [3.05, 3.63) is 0 Å². The summed E-state index contributed by atoms with van der Waals surface area (Å²) in [7, 11) is 0. The van der Waals surface area contributed by atoms with Crippen LogP contribution in [-0.4, -0.2) is 17.2 Å². The van der Waals surface area contributed by atoms with E-state index in [1.807, 2.05) is 13.8 Å². The molecule has 1 aliphatic rings. The third-order valence-corrected chi connectivity index (χ3v) is 4.42. The molecule has 0 aromatic carbocycles. The van der Waals surface area contributed by atoms with E-state index in [0.717, 1.165) is 12.8 Å². The number of hydrogen-bond acceptors (Lipinski definition) is 2. The second-order valence-electron chi connectivity index (χ2n) is 6.14. The van der Waals surface area contributed by atoms with Gasteiger partial charge in [0, 0.05) is 6.04 Å². The van der Waals surface area contributed by atoms with Gasteiger partial charge in [-0.05, 0) is 37.0 Å². The highest BCUT2D eigenvalue weighted by Gasteiger charge is 2.28. The fraction of sp³-hybridized carbons (Fsp3) is 0.923. The van der Waals surface area contributed by atoms with Crippen LogP contribution in [-0.2, 0) is 4.79 Å². The Hall–Kier alpha value is -0.180. The molecule has 0 radical (unpaired) electrons. The minimum atomic E-state index is -0.171. The highest BCUT2D eigenvalue weighted by Crippen LogP contribution is 2.35. The molecule has 0 heterocycles. The summed E-state index contributed by atoms with van der Waals surface area (Å²) >= 11 is 4.34. The molecular weight excluding hydrogens is 218 g/mol. The summed E-state index contributed by atoms with van der Waals surface area (Å²) in [5.74, 6) is 0.395. The van der Waals surface area contributed by atoms with Crippen molar-refractivity contribution in [2.45, 2.75) is 64.7 Å². The summed E-state index contributed by atoms with van der Waals surface area (Å²) in [6, 6.07) is 0.369. The van der Waals surface area contributed by atoms with Gasteiger partial charge in [-0.15, -0.1) is 0 Å². The van der Waals surface area contributed by atoms with Gasteiger partial charge in [-0.25, -0.2) is 0 Å². The van der Waals surface area contributed by atoms with Crippen LogP contribution < -0.4 is 5.32 Å². The van der Waals surface area contributed by atoms with E-state index < -0.39 is 0 Å². The minimum Gasteiger partial charge on any atom is -0.352 e. The molecule has 1 aliphatic carbocycles. The number of rotatable bonds is 3. The van der Waals surface area contributed by atoms with Crippen LogP contribution in [0.5, 0.6) is 0 Å². The van der Waals surface area contributed by atoms with E-state index in [0.29, 0.717) is 17.4 Å². The van der Waals surface area contributed by atoms with Gasteiger partial charge in [-0.2, -0.15) is 12.6 Å². The monoisotopic (exact) mass is 243 g/mol. The van der Waals surface area contributed by atoms with Crippen LogP contribution in [0.15, 0.2) is 0 Å². The number of nitrogens with one attached hydrogen (secondary N) is 1. The second-order valence-corrected chi connectivity index (χ2v) is 6.69. The van der Waals surface area contributed by atoms with Gasteiger partial charge >= 0.3 is 0 Å². The third kappa shape index (κ3) is 4.00. The number of carbonyl (C=O) groups is 1. The lowest BCUT2D eigenvalue weighted by Gasteiger charge is -2.35. The predicted molar refractivity (Wildman–Crippen MR) is 71.8 cm³/mol. The van der Waals surface area contributed by atoms with E-state index in [4.69, 9.17) is 0 Å². The molecule has 1 N–H and O–H groups in total. The van der Waals surface area contributed by atoms with Gasteiger partial charge in [-0.3, -0.25) is 4.79 Å². The second kappa shape index (κ2) is 5.44. The van der Waals surface area contributed by atoms with E-state index in [1.54, 1.807) is 0 Å². The Morgan fingerprint density at radius 1 is 1.31 bits per heavy atom. The lowest BCUT2D eigenvalue weighted by molar-refractivity contribution is -0.122. The molecule has 1 amide bonds. The van der Waals surface area contributed by atoms with Gasteiger partial charge < -0.3 is 5.32 Å². The maximum atomic E-state index is 11.8. The summed E-state index contributed by atoms with van der Waals surface area (Å²) in [5.41, 5.74) is 0.458. The molecule has 0 bridgehead atoms. The van der Waals surface area contributed by atoms with Crippen molar-refractivity contribution in [1.29, 1.82) is 0 Å². The average molecular weight is 243 g/mol. The summed E-state index contributed by atoms with van der Waals surface area (Å²) in [6.07, 6.45) is 4.63. The van der Waals surface area contributed by atoms with Gasteiger partial charge in [0.15, 0.2) is 0 Å². The Bertz CT molecular complexity index is 240. The summed E-state index contributed by atoms with van der Waals surface area (Å²) < 4.78 is 0. The van der Waals surface area contributed by atoms with E-state index in [2.05, 4.69) is 31.8 Å². The fourth-order valence-corrected chi connectivity index (χ4v) is 2.21. The van der Waals surface area contributed by atoms with Crippen LogP contribution in [0.4, 0.5) is 0 Å². The molecule has 16 heavy (non-hydrogen) atoms. The van der Waals surface area contributed by atoms with Crippen LogP contribution in [0.3, 0.4) is 0 Å². The standard InChI is InChI=1S/C13H25NOS/c1-9(2)11(16)12(15)14-10-5-7-13(3,4)8-6-10/h9-11,16H,5-8H2,1-4H3,(H,14,15). The Morgan fingerprint density at radius 2 is 1.81 bits per heavy atom. The van der Waals surface area contributed by atoms with E-state index in [1.165, 1.54) is 12.8 Å². The first-order valence-electron chi connectivity index (χ1n) is 6.30. The molecule has 1 atom stereocenters. The molecule has 0 aromatic heterocycles. The molecule has 1 rings (SSSR count). The molecule has 2 nitrogen and oxygen atoms in total. The summed E-state index contributed by atoms with van der Waals surface area (Å²) in [5, 5.41) is 2.95. The average Bonchev–Trinajstić information content (AvgIpc) is 2.19. The van der Waals surface area contributed by atoms with Gasteiger partial charge in [-0.1, -0.05) is 27.7 Å². The first-order valence-corrected chi connectivity index (χ1v) is 6.82. The molecule has 0 spiro atoms. The lowest BCUT2D eigenvalue weighted by atomic mass is 9.75. The lowest BCUT2D eigenvalue weighted by Crippen LogP contribution is -2.43. The Balaban J connectivity index is 2.37. The number of amides is 1. The molecule has 0 aromatic rings. The molecule has 0 saturated heterocycles. The van der Waals surface area contributed by atoms with Gasteiger partial charge in [0.2, 0.25) is 5.91 Å². The van der Waals surface area contributed by atoms with E-state index in [9.17, 15) is 4.79 Å².